The first-order valence-corrected chi connectivity index (χ1v) is 12.2. The Morgan fingerprint density at radius 3 is 2.69 bits per heavy atom. The van der Waals surface area contributed by atoms with Crippen molar-refractivity contribution in [2.75, 3.05) is 14.2 Å². The van der Waals surface area contributed by atoms with Gasteiger partial charge in [-0.05, 0) is 87.4 Å². The molecule has 0 aromatic heterocycles. The van der Waals surface area contributed by atoms with E-state index >= 15 is 0 Å². The van der Waals surface area contributed by atoms with Crippen molar-refractivity contribution in [1.29, 1.82) is 0 Å². The molecule has 0 unspecified atom stereocenters. The second-order valence-electron chi connectivity index (χ2n) is 7.68. The molecule has 10 heteroatoms. The molecule has 0 atom stereocenters. The molecule has 1 aliphatic heterocycles. The molecule has 7 nitrogen and oxygen atoms in total. The van der Waals surface area contributed by atoms with Crippen LogP contribution < -0.4 is 9.47 Å². The number of aliphatic imine (C=N–C) groups is 1. The lowest BCUT2D eigenvalue weighted by molar-refractivity contribution is -0.121. The number of hydrogen-bond acceptors (Lipinski definition) is 6. The summed E-state index contributed by atoms with van der Waals surface area (Å²) in [6, 6.07) is 15.9. The van der Waals surface area contributed by atoms with E-state index in [1.165, 1.54) is 48.0 Å². The van der Waals surface area contributed by atoms with Crippen molar-refractivity contribution in [2.45, 2.75) is 6.61 Å². The van der Waals surface area contributed by atoms with E-state index in [0.717, 1.165) is 0 Å². The molecule has 1 amide bonds. The standard InChI is InChI=1S/C26H20BrFN2O5S/c1-30-24(31)22(36-26(30)29-19-8-4-6-17(13-19)25(32)33)12-16-10-20(27)23(21(11-16)34-2)35-14-15-5-3-7-18(28)9-15/h3-13H,14H2,1-2H3,(H,32,33). The number of carbonyl (C=O) groups excluding carboxylic acids is 1. The van der Waals surface area contributed by atoms with Gasteiger partial charge in [-0.1, -0.05) is 18.2 Å². The summed E-state index contributed by atoms with van der Waals surface area (Å²) in [6.07, 6.45) is 1.71. The van der Waals surface area contributed by atoms with Crippen molar-refractivity contribution in [3.05, 3.63) is 92.5 Å². The first kappa shape index (κ1) is 25.5. The predicted octanol–water partition coefficient (Wildman–Crippen LogP) is 6.11. The molecule has 4 rings (SSSR count). The monoisotopic (exact) mass is 570 g/mol. The summed E-state index contributed by atoms with van der Waals surface area (Å²) >= 11 is 4.68. The number of benzene rings is 3. The van der Waals surface area contributed by atoms with Crippen LogP contribution in [0.5, 0.6) is 11.5 Å². The van der Waals surface area contributed by atoms with Gasteiger partial charge in [-0.3, -0.25) is 9.69 Å². The maximum atomic E-state index is 13.5. The van der Waals surface area contributed by atoms with E-state index in [1.54, 1.807) is 49.5 Å². The van der Waals surface area contributed by atoms with Crippen molar-refractivity contribution in [3.63, 3.8) is 0 Å². The fraction of sp³-hybridized carbons (Fsp3) is 0.115. The van der Waals surface area contributed by atoms with E-state index in [9.17, 15) is 19.1 Å². The summed E-state index contributed by atoms with van der Waals surface area (Å²) in [4.78, 5) is 30.4. The maximum absolute atomic E-state index is 13.5. The zero-order chi connectivity index (χ0) is 25.8. The third-order valence-corrected chi connectivity index (χ3v) is 6.79. The second kappa shape index (κ2) is 11.0. The van der Waals surface area contributed by atoms with Gasteiger partial charge in [0, 0.05) is 7.05 Å². The second-order valence-corrected chi connectivity index (χ2v) is 9.54. The Hall–Kier alpha value is -3.63. The van der Waals surface area contributed by atoms with Gasteiger partial charge in [0.2, 0.25) is 0 Å². The topological polar surface area (TPSA) is 88.4 Å². The first-order chi connectivity index (χ1) is 17.2. The normalized spacial score (nSPS) is 15.6. The molecule has 3 aromatic carbocycles. The van der Waals surface area contributed by atoms with Crippen LogP contribution in [-0.2, 0) is 11.4 Å². The summed E-state index contributed by atoms with van der Waals surface area (Å²) in [5.41, 5.74) is 1.91. The van der Waals surface area contributed by atoms with Crippen LogP contribution in [0.1, 0.15) is 21.5 Å². The number of amides is 1. The summed E-state index contributed by atoms with van der Waals surface area (Å²) in [7, 11) is 3.11. The van der Waals surface area contributed by atoms with E-state index in [1.807, 2.05) is 0 Å². The molecule has 0 bridgehead atoms. The number of ether oxygens (including phenoxy) is 2. The van der Waals surface area contributed by atoms with Gasteiger partial charge in [0.1, 0.15) is 12.4 Å². The summed E-state index contributed by atoms with van der Waals surface area (Å²) in [5.74, 6) is -0.744. The number of carbonyl (C=O) groups is 2. The molecule has 0 aliphatic carbocycles. The third-order valence-electron chi connectivity index (χ3n) is 5.14. The maximum Gasteiger partial charge on any atom is 0.335 e. The van der Waals surface area contributed by atoms with Crippen LogP contribution >= 0.6 is 27.7 Å². The molecular formula is C26H20BrFN2O5S. The Labute approximate surface area is 219 Å². The van der Waals surface area contributed by atoms with Crippen molar-refractivity contribution in [2.24, 2.45) is 4.99 Å². The number of hydrogen-bond donors (Lipinski definition) is 1. The molecule has 1 fully saturated rings. The molecule has 3 aromatic rings. The number of likely N-dealkylation sites (N-methyl/N-ethyl adjacent to an activating group) is 1. The van der Waals surface area contributed by atoms with Crippen LogP contribution in [0, 0.1) is 5.82 Å². The summed E-state index contributed by atoms with van der Waals surface area (Å²) in [6.45, 7) is 0.148. The number of carboxylic acid groups (broad SMARTS) is 1. The van der Waals surface area contributed by atoms with Gasteiger partial charge >= 0.3 is 5.97 Å². The lowest BCUT2D eigenvalue weighted by Crippen LogP contribution is -2.23. The van der Waals surface area contributed by atoms with Crippen LogP contribution in [0.2, 0.25) is 0 Å². The van der Waals surface area contributed by atoms with Gasteiger partial charge in [0.05, 0.1) is 27.7 Å². The zero-order valence-corrected chi connectivity index (χ0v) is 21.6. The van der Waals surface area contributed by atoms with Crippen LogP contribution in [-0.4, -0.2) is 41.2 Å². The Bertz CT molecular complexity index is 1410. The number of nitrogens with zero attached hydrogens (tertiary/aromatic N) is 2. The highest BCUT2D eigenvalue weighted by atomic mass is 79.9. The molecule has 0 spiro atoms. The lowest BCUT2D eigenvalue weighted by Gasteiger charge is -2.14. The molecule has 1 aliphatic rings. The number of rotatable bonds is 7. The summed E-state index contributed by atoms with van der Waals surface area (Å²) < 4.78 is 25.4. The van der Waals surface area contributed by atoms with Crippen LogP contribution in [0.4, 0.5) is 10.1 Å². The van der Waals surface area contributed by atoms with Gasteiger partial charge in [-0.2, -0.15) is 0 Å². The van der Waals surface area contributed by atoms with Crippen LogP contribution in [0.3, 0.4) is 0 Å². The molecular weight excluding hydrogens is 551 g/mol. The number of thioether (sulfide) groups is 1. The highest BCUT2D eigenvalue weighted by molar-refractivity contribution is 9.10. The molecule has 0 saturated carbocycles. The minimum atomic E-state index is -1.05. The Morgan fingerprint density at radius 1 is 1.19 bits per heavy atom. The predicted molar refractivity (Wildman–Crippen MR) is 140 cm³/mol. The van der Waals surface area contributed by atoms with Gasteiger partial charge in [0.15, 0.2) is 16.7 Å². The van der Waals surface area contributed by atoms with E-state index in [-0.39, 0.29) is 23.9 Å². The fourth-order valence-corrected chi connectivity index (χ4v) is 4.93. The number of aromatic carboxylic acids is 1. The van der Waals surface area contributed by atoms with Crippen molar-refractivity contribution in [3.8, 4) is 11.5 Å². The average Bonchev–Trinajstić information content (AvgIpc) is 3.10. The largest absolute Gasteiger partial charge is 0.493 e. The molecule has 1 N–H and O–H groups in total. The van der Waals surface area contributed by atoms with Crippen LogP contribution in [0.15, 0.2) is 75.0 Å². The quantitative estimate of drug-likeness (QED) is 0.345. The van der Waals surface area contributed by atoms with Gasteiger partial charge in [-0.15, -0.1) is 0 Å². The fourth-order valence-electron chi connectivity index (χ4n) is 3.37. The van der Waals surface area contributed by atoms with E-state index in [0.29, 0.717) is 42.9 Å². The Morgan fingerprint density at radius 2 is 1.97 bits per heavy atom. The van der Waals surface area contributed by atoms with E-state index in [2.05, 4.69) is 20.9 Å². The summed E-state index contributed by atoms with van der Waals surface area (Å²) in [5, 5.41) is 9.62. The minimum Gasteiger partial charge on any atom is -0.493 e. The Balaban J connectivity index is 1.57. The number of halogens is 2. The average molecular weight is 571 g/mol. The molecule has 36 heavy (non-hydrogen) atoms. The van der Waals surface area contributed by atoms with Gasteiger partial charge in [0.25, 0.3) is 5.91 Å². The van der Waals surface area contributed by atoms with Crippen molar-refractivity contribution in [1.82, 2.24) is 4.90 Å². The van der Waals surface area contributed by atoms with Crippen molar-refractivity contribution >= 4 is 56.5 Å². The number of amidine groups is 1. The highest BCUT2D eigenvalue weighted by Crippen LogP contribution is 2.39. The highest BCUT2D eigenvalue weighted by Gasteiger charge is 2.30. The zero-order valence-electron chi connectivity index (χ0n) is 19.2. The van der Waals surface area contributed by atoms with Gasteiger partial charge < -0.3 is 14.6 Å². The molecule has 184 valence electrons. The van der Waals surface area contributed by atoms with Gasteiger partial charge in [-0.25, -0.2) is 14.2 Å². The van der Waals surface area contributed by atoms with E-state index < -0.39 is 5.97 Å². The molecule has 1 heterocycles. The van der Waals surface area contributed by atoms with Crippen molar-refractivity contribution < 1.29 is 28.6 Å². The van der Waals surface area contributed by atoms with E-state index in [4.69, 9.17) is 9.47 Å². The molecule has 1 saturated heterocycles. The number of methoxy groups -OCH3 is 1. The first-order valence-electron chi connectivity index (χ1n) is 10.6. The van der Waals surface area contributed by atoms with Crippen LogP contribution in [0.25, 0.3) is 6.08 Å². The SMILES string of the molecule is COc1cc(C=C2SC(=Nc3cccc(C(=O)O)c3)N(C)C2=O)cc(Br)c1OCc1cccc(F)c1. The molecule has 0 radical (unpaired) electrons. The minimum absolute atomic E-state index is 0.112. The third kappa shape index (κ3) is 5.77. The smallest absolute Gasteiger partial charge is 0.335 e. The Kier molecular flexibility index (Phi) is 7.76. The number of carboxylic acids is 1. The lowest BCUT2D eigenvalue weighted by atomic mass is 10.1.